The van der Waals surface area contributed by atoms with Gasteiger partial charge in [-0.05, 0) is 34.6 Å². The first-order valence-electron chi connectivity index (χ1n) is 4.63. The Kier molecular flexibility index (Phi) is 6.33. The van der Waals surface area contributed by atoms with Crippen molar-refractivity contribution >= 4 is 7.32 Å². The van der Waals surface area contributed by atoms with Gasteiger partial charge in [-0.15, -0.1) is 0 Å². The minimum Gasteiger partial charge on any atom is -0.384 e. The summed E-state index contributed by atoms with van der Waals surface area (Å²) in [6.07, 6.45) is -0.271. The van der Waals surface area contributed by atoms with Gasteiger partial charge < -0.3 is 19.7 Å². The molecule has 2 N–H and O–H groups in total. The zero-order chi connectivity index (χ0) is 10.4. The zero-order valence-corrected chi connectivity index (χ0v) is 9.11. The molecule has 0 heterocycles. The Hall–Kier alpha value is -0.0951. The van der Waals surface area contributed by atoms with E-state index < -0.39 is 7.32 Å². The van der Waals surface area contributed by atoms with Crippen molar-refractivity contribution in [1.29, 1.82) is 0 Å². The standard InChI is InChI=1S/C8H20BNO3/c1-6(2)11-9(12-7(3)4)13-8(5)10/h6-8H,10H2,1-5H3. The lowest BCUT2D eigenvalue weighted by atomic mass is 10.2. The number of hydrogen-bond acceptors (Lipinski definition) is 4. The molecule has 0 aromatic carbocycles. The molecule has 0 amide bonds. The molecule has 4 nitrogen and oxygen atoms in total. The van der Waals surface area contributed by atoms with Gasteiger partial charge in [-0.2, -0.15) is 0 Å². The van der Waals surface area contributed by atoms with Crippen molar-refractivity contribution in [2.45, 2.75) is 53.1 Å². The fourth-order valence-electron chi connectivity index (χ4n) is 0.716. The minimum atomic E-state index is -0.667. The molecule has 1 unspecified atom stereocenters. The van der Waals surface area contributed by atoms with Crippen LogP contribution in [0.3, 0.4) is 0 Å². The fourth-order valence-corrected chi connectivity index (χ4v) is 0.716. The van der Waals surface area contributed by atoms with Crippen molar-refractivity contribution in [3.8, 4) is 0 Å². The highest BCUT2D eigenvalue weighted by molar-refractivity contribution is 6.36. The van der Waals surface area contributed by atoms with Gasteiger partial charge in [0.2, 0.25) is 0 Å². The van der Waals surface area contributed by atoms with Crippen LogP contribution in [0, 0.1) is 0 Å². The van der Waals surface area contributed by atoms with Crippen molar-refractivity contribution in [2.75, 3.05) is 0 Å². The van der Waals surface area contributed by atoms with Gasteiger partial charge in [0.15, 0.2) is 0 Å². The summed E-state index contributed by atoms with van der Waals surface area (Å²) < 4.78 is 15.9. The Morgan fingerprint density at radius 1 is 0.846 bits per heavy atom. The predicted molar refractivity (Wildman–Crippen MR) is 52.9 cm³/mol. The molecule has 0 spiro atoms. The van der Waals surface area contributed by atoms with Crippen LogP contribution < -0.4 is 5.73 Å². The van der Waals surface area contributed by atoms with Gasteiger partial charge in [0.05, 0.1) is 6.23 Å². The maximum Gasteiger partial charge on any atom is 0.640 e. The van der Waals surface area contributed by atoms with Crippen LogP contribution in [0.4, 0.5) is 0 Å². The molecule has 0 saturated carbocycles. The summed E-state index contributed by atoms with van der Waals surface area (Å²) in [6, 6.07) is 0. The lowest BCUT2D eigenvalue weighted by Crippen LogP contribution is -2.38. The molecule has 0 aliphatic heterocycles. The number of hydrogen-bond donors (Lipinski definition) is 1. The van der Waals surface area contributed by atoms with Crippen molar-refractivity contribution < 1.29 is 14.0 Å². The van der Waals surface area contributed by atoms with E-state index in [0.29, 0.717) is 0 Å². The summed E-state index contributed by atoms with van der Waals surface area (Å²) in [5.74, 6) is 0. The number of nitrogens with two attached hydrogens (primary N) is 1. The summed E-state index contributed by atoms with van der Waals surface area (Å²) >= 11 is 0. The van der Waals surface area contributed by atoms with Crippen LogP contribution in [-0.2, 0) is 14.0 Å². The van der Waals surface area contributed by atoms with Gasteiger partial charge in [-0.25, -0.2) is 0 Å². The molecule has 0 rings (SSSR count). The van der Waals surface area contributed by atoms with E-state index in [-0.39, 0.29) is 18.4 Å². The molecule has 1 atom stereocenters. The first kappa shape index (κ1) is 12.9. The number of rotatable bonds is 6. The highest BCUT2D eigenvalue weighted by Crippen LogP contribution is 2.02. The minimum absolute atomic E-state index is 0.0579. The normalized spacial score (nSPS) is 13.8. The molecule has 0 aromatic heterocycles. The van der Waals surface area contributed by atoms with Crippen LogP contribution in [0.1, 0.15) is 34.6 Å². The monoisotopic (exact) mass is 189 g/mol. The van der Waals surface area contributed by atoms with Crippen LogP contribution in [0.25, 0.3) is 0 Å². The topological polar surface area (TPSA) is 53.7 Å². The first-order valence-corrected chi connectivity index (χ1v) is 4.63. The second-order valence-electron chi connectivity index (χ2n) is 3.50. The molecule has 0 radical (unpaired) electrons. The third kappa shape index (κ3) is 8.24. The summed E-state index contributed by atoms with van der Waals surface area (Å²) in [7, 11) is -0.667. The maximum absolute atomic E-state index is 5.46. The van der Waals surface area contributed by atoms with Crippen LogP contribution in [0.5, 0.6) is 0 Å². The molecule has 0 fully saturated rings. The molecule has 0 saturated heterocycles. The molecular weight excluding hydrogens is 169 g/mol. The van der Waals surface area contributed by atoms with E-state index in [0.717, 1.165) is 0 Å². The molecule has 5 heteroatoms. The van der Waals surface area contributed by atoms with Crippen LogP contribution in [0.15, 0.2) is 0 Å². The van der Waals surface area contributed by atoms with Gasteiger partial charge in [0.1, 0.15) is 0 Å². The van der Waals surface area contributed by atoms with Crippen molar-refractivity contribution in [2.24, 2.45) is 5.73 Å². The Labute approximate surface area is 80.9 Å². The van der Waals surface area contributed by atoms with E-state index in [1.807, 2.05) is 27.7 Å². The summed E-state index contributed by atoms with van der Waals surface area (Å²) in [4.78, 5) is 0. The Morgan fingerprint density at radius 3 is 1.46 bits per heavy atom. The van der Waals surface area contributed by atoms with Crippen LogP contribution >= 0.6 is 0 Å². The van der Waals surface area contributed by atoms with Gasteiger partial charge >= 0.3 is 7.32 Å². The Balaban J connectivity index is 3.87. The van der Waals surface area contributed by atoms with Crippen molar-refractivity contribution in [3.05, 3.63) is 0 Å². The van der Waals surface area contributed by atoms with E-state index in [2.05, 4.69) is 0 Å². The lowest BCUT2D eigenvalue weighted by Gasteiger charge is -2.20. The zero-order valence-electron chi connectivity index (χ0n) is 9.11. The van der Waals surface area contributed by atoms with E-state index in [1.165, 1.54) is 0 Å². The average Bonchev–Trinajstić information content (AvgIpc) is 1.80. The predicted octanol–water partition coefficient (Wildman–Crippen LogP) is 1.14. The van der Waals surface area contributed by atoms with Crippen LogP contribution in [-0.4, -0.2) is 25.8 Å². The molecule has 0 bridgehead atoms. The van der Waals surface area contributed by atoms with Gasteiger partial charge in [0, 0.05) is 12.2 Å². The van der Waals surface area contributed by atoms with Gasteiger partial charge in [0.25, 0.3) is 0 Å². The quantitative estimate of drug-likeness (QED) is 0.502. The Bertz CT molecular complexity index is 107. The van der Waals surface area contributed by atoms with Crippen LogP contribution in [0.2, 0.25) is 0 Å². The molecule has 0 aliphatic carbocycles. The second-order valence-corrected chi connectivity index (χ2v) is 3.50. The maximum atomic E-state index is 5.46. The Morgan fingerprint density at radius 2 is 1.23 bits per heavy atom. The average molecular weight is 189 g/mol. The molecule has 78 valence electrons. The smallest absolute Gasteiger partial charge is 0.384 e. The molecule has 13 heavy (non-hydrogen) atoms. The molecular formula is C8H20BNO3. The summed E-state index contributed by atoms with van der Waals surface area (Å²) in [5.41, 5.74) is 5.46. The van der Waals surface area contributed by atoms with Gasteiger partial charge in [-0.1, -0.05) is 0 Å². The largest absolute Gasteiger partial charge is 0.640 e. The van der Waals surface area contributed by atoms with E-state index in [9.17, 15) is 0 Å². The third-order valence-electron chi connectivity index (χ3n) is 1.09. The van der Waals surface area contributed by atoms with E-state index >= 15 is 0 Å². The third-order valence-corrected chi connectivity index (χ3v) is 1.09. The highest BCUT2D eigenvalue weighted by atomic mass is 16.7. The van der Waals surface area contributed by atoms with E-state index in [1.54, 1.807) is 6.92 Å². The SMILES string of the molecule is CC(C)OB(OC(C)C)OC(C)N. The molecule has 0 aromatic rings. The van der Waals surface area contributed by atoms with Crippen molar-refractivity contribution in [1.82, 2.24) is 0 Å². The van der Waals surface area contributed by atoms with E-state index in [4.69, 9.17) is 19.7 Å². The van der Waals surface area contributed by atoms with Gasteiger partial charge in [-0.3, -0.25) is 0 Å². The van der Waals surface area contributed by atoms with Crippen molar-refractivity contribution in [3.63, 3.8) is 0 Å². The lowest BCUT2D eigenvalue weighted by molar-refractivity contribution is 0.0306. The fraction of sp³-hybridized carbons (Fsp3) is 1.00. The molecule has 0 aliphatic rings. The first-order chi connectivity index (χ1) is 5.91. The highest BCUT2D eigenvalue weighted by Gasteiger charge is 2.25. The summed E-state index contributed by atoms with van der Waals surface area (Å²) in [6.45, 7) is 9.41. The second kappa shape index (κ2) is 6.37. The summed E-state index contributed by atoms with van der Waals surface area (Å²) in [5, 5.41) is 0.